The number of halogens is 1. The van der Waals surface area contributed by atoms with Crippen LogP contribution in [0.5, 0.6) is 0 Å². The molecule has 1 aromatic carbocycles. The highest BCUT2D eigenvalue weighted by Crippen LogP contribution is 2.33. The third kappa shape index (κ3) is 1.25. The average molecular weight is 221 g/mol. The van der Waals surface area contributed by atoms with E-state index in [-0.39, 0.29) is 11.7 Å². The summed E-state index contributed by atoms with van der Waals surface area (Å²) in [6.45, 7) is 0.682. The van der Waals surface area contributed by atoms with Crippen LogP contribution in [0.15, 0.2) is 18.2 Å². The molecule has 0 aliphatic carbocycles. The Bertz CT molecular complexity index is 561. The zero-order valence-corrected chi connectivity index (χ0v) is 8.66. The Kier molecular flexibility index (Phi) is 1.79. The zero-order valence-electron chi connectivity index (χ0n) is 7.84. The van der Waals surface area contributed by atoms with Gasteiger partial charge in [0.2, 0.25) is 0 Å². The van der Waals surface area contributed by atoms with Crippen LogP contribution in [0, 0.1) is 5.82 Å². The molecule has 2 heterocycles. The summed E-state index contributed by atoms with van der Waals surface area (Å²) >= 11 is 1.58. The molecule has 0 fully saturated rings. The van der Waals surface area contributed by atoms with Crippen LogP contribution in [0.2, 0.25) is 0 Å². The van der Waals surface area contributed by atoms with Gasteiger partial charge in [-0.3, -0.25) is 4.79 Å². The topological polar surface area (TPSA) is 29.1 Å². The van der Waals surface area contributed by atoms with Crippen LogP contribution in [0.4, 0.5) is 4.39 Å². The third-order valence-electron chi connectivity index (χ3n) is 2.59. The minimum atomic E-state index is -0.290. The second-order valence-corrected chi connectivity index (χ2v) is 4.68. The highest BCUT2D eigenvalue weighted by atomic mass is 32.1. The molecule has 76 valence electrons. The highest BCUT2D eigenvalue weighted by molar-refractivity contribution is 7.19. The molecule has 0 radical (unpaired) electrons. The van der Waals surface area contributed by atoms with Crippen molar-refractivity contribution >= 4 is 27.3 Å². The number of carbonyl (C=O) groups is 1. The summed E-state index contributed by atoms with van der Waals surface area (Å²) in [5, 5.41) is 3.52. The van der Waals surface area contributed by atoms with Gasteiger partial charge in [0, 0.05) is 21.5 Å². The first kappa shape index (κ1) is 8.85. The van der Waals surface area contributed by atoms with E-state index in [0.717, 1.165) is 21.4 Å². The van der Waals surface area contributed by atoms with Crippen molar-refractivity contribution in [1.82, 2.24) is 5.32 Å². The van der Waals surface area contributed by atoms with Gasteiger partial charge in [0.15, 0.2) is 0 Å². The van der Waals surface area contributed by atoms with Crippen molar-refractivity contribution in [3.05, 3.63) is 34.5 Å². The molecule has 1 aliphatic rings. The molecular weight excluding hydrogens is 213 g/mol. The molecule has 0 saturated carbocycles. The zero-order chi connectivity index (χ0) is 10.4. The fourth-order valence-electron chi connectivity index (χ4n) is 1.92. The van der Waals surface area contributed by atoms with Gasteiger partial charge in [0.05, 0.1) is 5.56 Å². The monoisotopic (exact) mass is 221 g/mol. The molecule has 1 aromatic heterocycles. The molecule has 0 atom stereocenters. The van der Waals surface area contributed by atoms with E-state index in [4.69, 9.17) is 0 Å². The Morgan fingerprint density at radius 1 is 1.40 bits per heavy atom. The SMILES string of the molecule is O=C1NCCc2sc3ccc(F)cc3c21. The number of nitrogens with one attached hydrogen (secondary N) is 1. The fourth-order valence-corrected chi connectivity index (χ4v) is 3.10. The van der Waals surface area contributed by atoms with Crippen LogP contribution in [-0.4, -0.2) is 12.5 Å². The Morgan fingerprint density at radius 3 is 3.13 bits per heavy atom. The number of thiophene rings is 1. The van der Waals surface area contributed by atoms with Gasteiger partial charge in [0.25, 0.3) is 5.91 Å². The van der Waals surface area contributed by atoms with Gasteiger partial charge in [-0.25, -0.2) is 4.39 Å². The summed E-state index contributed by atoms with van der Waals surface area (Å²) < 4.78 is 14.1. The van der Waals surface area contributed by atoms with Crippen molar-refractivity contribution < 1.29 is 9.18 Å². The maximum Gasteiger partial charge on any atom is 0.253 e. The lowest BCUT2D eigenvalue weighted by molar-refractivity contribution is 0.0949. The van der Waals surface area contributed by atoms with Gasteiger partial charge in [-0.1, -0.05) is 0 Å². The molecule has 0 saturated heterocycles. The molecule has 0 spiro atoms. The number of amides is 1. The quantitative estimate of drug-likeness (QED) is 0.726. The number of hydrogen-bond donors (Lipinski definition) is 1. The van der Waals surface area contributed by atoms with E-state index in [2.05, 4.69) is 5.32 Å². The minimum absolute atomic E-state index is 0.0758. The molecule has 2 aromatic rings. The second-order valence-electron chi connectivity index (χ2n) is 3.55. The number of fused-ring (bicyclic) bond motifs is 3. The molecule has 1 N–H and O–H groups in total. The molecule has 4 heteroatoms. The second kappa shape index (κ2) is 3.03. The largest absolute Gasteiger partial charge is 0.352 e. The number of hydrogen-bond acceptors (Lipinski definition) is 2. The summed E-state index contributed by atoms with van der Waals surface area (Å²) in [6.07, 6.45) is 0.849. The number of carbonyl (C=O) groups excluding carboxylic acids is 1. The van der Waals surface area contributed by atoms with Gasteiger partial charge in [-0.15, -0.1) is 11.3 Å². The Balaban J connectivity index is 2.38. The van der Waals surface area contributed by atoms with Crippen molar-refractivity contribution in [3.63, 3.8) is 0 Å². The first-order chi connectivity index (χ1) is 7.25. The fraction of sp³-hybridized carbons (Fsp3) is 0.182. The van der Waals surface area contributed by atoms with Crippen LogP contribution in [-0.2, 0) is 6.42 Å². The van der Waals surface area contributed by atoms with Gasteiger partial charge in [-0.2, -0.15) is 0 Å². The lowest BCUT2D eigenvalue weighted by atomic mass is 10.1. The van der Waals surface area contributed by atoms with Crippen molar-refractivity contribution in [3.8, 4) is 0 Å². The van der Waals surface area contributed by atoms with Crippen molar-refractivity contribution in [2.24, 2.45) is 0 Å². The van der Waals surface area contributed by atoms with Gasteiger partial charge in [-0.05, 0) is 24.6 Å². The maximum absolute atomic E-state index is 13.1. The summed E-state index contributed by atoms with van der Waals surface area (Å²) in [5.74, 6) is -0.366. The normalized spacial score (nSPS) is 15.1. The Hall–Kier alpha value is -1.42. The van der Waals surface area contributed by atoms with Crippen LogP contribution in [0.3, 0.4) is 0 Å². The van der Waals surface area contributed by atoms with Crippen LogP contribution in [0.25, 0.3) is 10.1 Å². The molecular formula is C11H8FNOS. The van der Waals surface area contributed by atoms with E-state index in [0.29, 0.717) is 12.1 Å². The van der Waals surface area contributed by atoms with Crippen LogP contribution < -0.4 is 5.32 Å². The predicted octanol–water partition coefficient (Wildman–Crippen LogP) is 2.33. The number of rotatable bonds is 0. The minimum Gasteiger partial charge on any atom is -0.352 e. The Morgan fingerprint density at radius 2 is 2.27 bits per heavy atom. The molecule has 1 amide bonds. The maximum atomic E-state index is 13.1. The molecule has 3 rings (SSSR count). The summed E-state index contributed by atoms with van der Waals surface area (Å²) in [6, 6.07) is 4.61. The van der Waals surface area contributed by atoms with E-state index in [9.17, 15) is 9.18 Å². The van der Waals surface area contributed by atoms with Gasteiger partial charge in [0.1, 0.15) is 5.82 Å². The standard InChI is InChI=1S/C11H8FNOS/c12-6-1-2-8-7(5-6)10-9(15-8)3-4-13-11(10)14/h1-2,5H,3-4H2,(H,13,14). The smallest absolute Gasteiger partial charge is 0.253 e. The average Bonchev–Trinajstić information content (AvgIpc) is 2.57. The highest BCUT2D eigenvalue weighted by Gasteiger charge is 2.22. The summed E-state index contributed by atoms with van der Waals surface area (Å²) in [5.41, 5.74) is 0.667. The molecule has 2 nitrogen and oxygen atoms in total. The molecule has 1 aliphatic heterocycles. The number of benzene rings is 1. The van der Waals surface area contributed by atoms with E-state index in [1.807, 2.05) is 0 Å². The Labute approximate surface area is 89.7 Å². The van der Waals surface area contributed by atoms with Gasteiger partial charge >= 0.3 is 0 Å². The van der Waals surface area contributed by atoms with Gasteiger partial charge < -0.3 is 5.32 Å². The molecule has 15 heavy (non-hydrogen) atoms. The van der Waals surface area contributed by atoms with E-state index in [1.54, 1.807) is 17.4 Å². The summed E-state index contributed by atoms with van der Waals surface area (Å²) in [7, 11) is 0. The van der Waals surface area contributed by atoms with Crippen molar-refractivity contribution in [2.75, 3.05) is 6.54 Å². The first-order valence-electron chi connectivity index (χ1n) is 4.75. The van der Waals surface area contributed by atoms with Crippen LogP contribution >= 0.6 is 11.3 Å². The summed E-state index contributed by atoms with van der Waals surface area (Å²) in [4.78, 5) is 12.7. The molecule has 0 bridgehead atoms. The first-order valence-corrected chi connectivity index (χ1v) is 5.56. The van der Waals surface area contributed by atoms with E-state index in [1.165, 1.54) is 12.1 Å². The van der Waals surface area contributed by atoms with E-state index < -0.39 is 0 Å². The van der Waals surface area contributed by atoms with E-state index >= 15 is 0 Å². The lowest BCUT2D eigenvalue weighted by Crippen LogP contribution is -2.30. The molecule has 0 unspecified atom stereocenters. The van der Waals surface area contributed by atoms with Crippen LogP contribution in [0.1, 0.15) is 15.2 Å². The predicted molar refractivity (Wildman–Crippen MR) is 57.8 cm³/mol. The van der Waals surface area contributed by atoms with Crippen molar-refractivity contribution in [1.29, 1.82) is 0 Å². The third-order valence-corrected chi connectivity index (χ3v) is 3.82. The lowest BCUT2D eigenvalue weighted by Gasteiger charge is -2.11. The van der Waals surface area contributed by atoms with Crippen molar-refractivity contribution in [2.45, 2.75) is 6.42 Å².